The molecule has 17 nitrogen and oxygen atoms in total. The summed E-state index contributed by atoms with van der Waals surface area (Å²) in [7, 11) is 0. The van der Waals surface area contributed by atoms with Crippen LogP contribution in [0.25, 0.3) is 0 Å². The molecule has 0 aromatic rings. The van der Waals surface area contributed by atoms with Gasteiger partial charge < -0.3 is 75.2 Å². The summed E-state index contributed by atoms with van der Waals surface area (Å²) in [4.78, 5) is 24.0. The number of carbonyl (C=O) groups is 2. The molecule has 0 unspecified atom stereocenters. The SMILES string of the molecule is CC(=O)N[C@@H]1[C@@H](O[C@@H]2O[C@@H](C)[C@@H](O)[C@@H](O)[C@@H]2O)[C@H](O[C@@H]2O[C@H](CO)[C@@H](O)[C@H](O)[C@@H]2O)[C@@H](CO)O[C@H]1NC(C)=O. The van der Waals surface area contributed by atoms with Crippen molar-refractivity contribution >= 4 is 11.8 Å². The molecular weight excluding hydrogens is 532 g/mol. The lowest BCUT2D eigenvalue weighted by Gasteiger charge is -2.50. The minimum absolute atomic E-state index is 0.583. The third-order valence-corrected chi connectivity index (χ3v) is 6.83. The van der Waals surface area contributed by atoms with E-state index < -0.39 is 117 Å². The molecule has 0 aliphatic carbocycles. The van der Waals surface area contributed by atoms with Crippen LogP contribution in [0.4, 0.5) is 0 Å². The molecule has 3 heterocycles. The van der Waals surface area contributed by atoms with E-state index in [4.69, 9.17) is 23.7 Å². The Morgan fingerprint density at radius 3 is 1.72 bits per heavy atom. The zero-order valence-corrected chi connectivity index (χ0v) is 21.5. The summed E-state index contributed by atoms with van der Waals surface area (Å²) >= 11 is 0. The first-order chi connectivity index (χ1) is 18.3. The molecule has 0 bridgehead atoms. The number of nitrogens with one attached hydrogen (secondary N) is 2. The van der Waals surface area contributed by atoms with Crippen LogP contribution >= 0.6 is 0 Å². The Hall–Kier alpha value is -1.58. The van der Waals surface area contributed by atoms with Crippen LogP contribution < -0.4 is 10.6 Å². The van der Waals surface area contributed by atoms with Gasteiger partial charge in [-0.3, -0.25) is 9.59 Å². The van der Waals surface area contributed by atoms with Gasteiger partial charge in [0.2, 0.25) is 11.8 Å². The maximum absolute atomic E-state index is 12.1. The van der Waals surface area contributed by atoms with Crippen molar-refractivity contribution in [2.45, 2.75) is 113 Å². The molecule has 0 radical (unpaired) electrons. The first-order valence-corrected chi connectivity index (χ1v) is 12.4. The van der Waals surface area contributed by atoms with Crippen LogP contribution in [0.15, 0.2) is 0 Å². The second-order valence-electron chi connectivity index (χ2n) is 9.78. The highest BCUT2D eigenvalue weighted by atomic mass is 16.7. The van der Waals surface area contributed by atoms with Gasteiger partial charge in [0.05, 0.1) is 19.3 Å². The molecule has 3 fully saturated rings. The Bertz CT molecular complexity index is 835. The standard InChI is InChI=1S/C22H38N2O15/c1-6-12(29)14(31)16(33)21(35-6)39-19-11(23-7(2)27)20(24-8(3)28)36-10(5-26)18(19)38-22-17(34)15(32)13(30)9(4-25)37-22/h6,9-22,25-26,29-34H,4-5H2,1-3H3,(H,23,27)(H,24,28)/t6-,9+,10+,11+,12+,13+,14+,15-,16-,17-,18+,19+,20+,21-,22-/m0/s1. The van der Waals surface area contributed by atoms with Gasteiger partial charge in [0.1, 0.15) is 67.1 Å². The summed E-state index contributed by atoms with van der Waals surface area (Å²) in [5.41, 5.74) is 0. The van der Waals surface area contributed by atoms with E-state index in [9.17, 15) is 50.4 Å². The third-order valence-electron chi connectivity index (χ3n) is 6.83. The molecule has 15 atom stereocenters. The van der Waals surface area contributed by atoms with E-state index in [1.165, 1.54) is 13.8 Å². The highest BCUT2D eigenvalue weighted by Crippen LogP contribution is 2.33. The molecule has 3 aliphatic rings. The largest absolute Gasteiger partial charge is 0.394 e. The molecule has 0 aromatic heterocycles. The predicted octanol–water partition coefficient (Wildman–Crippen LogP) is -6.26. The number of hydrogen-bond donors (Lipinski definition) is 10. The van der Waals surface area contributed by atoms with E-state index in [2.05, 4.69) is 10.6 Å². The molecule has 10 N–H and O–H groups in total. The number of rotatable bonds is 8. The van der Waals surface area contributed by atoms with Crippen LogP contribution in [0.1, 0.15) is 20.8 Å². The monoisotopic (exact) mass is 570 g/mol. The molecule has 0 saturated carbocycles. The summed E-state index contributed by atoms with van der Waals surface area (Å²) in [5, 5.41) is 86.3. The second-order valence-corrected chi connectivity index (χ2v) is 9.78. The summed E-state index contributed by atoms with van der Waals surface area (Å²) in [5.74, 6) is -1.20. The van der Waals surface area contributed by atoms with Crippen LogP contribution in [0.2, 0.25) is 0 Å². The second kappa shape index (κ2) is 13.4. The van der Waals surface area contributed by atoms with Gasteiger partial charge in [-0.2, -0.15) is 0 Å². The van der Waals surface area contributed by atoms with Gasteiger partial charge in [-0.1, -0.05) is 0 Å². The predicted molar refractivity (Wildman–Crippen MR) is 123 cm³/mol. The van der Waals surface area contributed by atoms with E-state index in [1.807, 2.05) is 0 Å². The number of aliphatic hydroxyl groups is 8. The van der Waals surface area contributed by atoms with Crippen molar-refractivity contribution in [3.8, 4) is 0 Å². The Labute approximate surface area is 223 Å². The van der Waals surface area contributed by atoms with E-state index in [1.54, 1.807) is 0 Å². The number of amides is 2. The van der Waals surface area contributed by atoms with Crippen molar-refractivity contribution < 1.29 is 74.1 Å². The Kier molecular flexibility index (Phi) is 11.0. The fourth-order valence-corrected chi connectivity index (χ4v) is 4.74. The first-order valence-electron chi connectivity index (χ1n) is 12.4. The molecule has 3 saturated heterocycles. The molecule has 17 heteroatoms. The summed E-state index contributed by atoms with van der Waals surface area (Å²) in [6.07, 6.45) is -21.7. The van der Waals surface area contributed by atoms with Gasteiger partial charge >= 0.3 is 0 Å². The highest BCUT2D eigenvalue weighted by molar-refractivity contribution is 5.75. The van der Waals surface area contributed by atoms with Crippen molar-refractivity contribution in [3.05, 3.63) is 0 Å². The lowest BCUT2D eigenvalue weighted by atomic mass is 9.93. The Balaban J connectivity index is 1.99. The normalized spacial score (nSPS) is 46.9. The van der Waals surface area contributed by atoms with E-state index in [-0.39, 0.29) is 0 Å². The van der Waals surface area contributed by atoms with Gasteiger partial charge in [-0.15, -0.1) is 0 Å². The van der Waals surface area contributed by atoms with E-state index in [0.717, 1.165) is 6.92 Å². The van der Waals surface area contributed by atoms with Crippen LogP contribution in [0.5, 0.6) is 0 Å². The van der Waals surface area contributed by atoms with Crippen molar-refractivity contribution in [2.24, 2.45) is 0 Å². The molecule has 0 aromatic carbocycles. The Morgan fingerprint density at radius 1 is 0.667 bits per heavy atom. The van der Waals surface area contributed by atoms with Crippen LogP contribution in [-0.2, 0) is 33.3 Å². The highest BCUT2D eigenvalue weighted by Gasteiger charge is 2.54. The van der Waals surface area contributed by atoms with Crippen molar-refractivity contribution in [2.75, 3.05) is 13.2 Å². The maximum Gasteiger partial charge on any atom is 0.218 e. The lowest BCUT2D eigenvalue weighted by molar-refractivity contribution is -0.361. The number of ether oxygens (including phenoxy) is 5. The first kappa shape index (κ1) is 31.9. The van der Waals surface area contributed by atoms with Crippen LogP contribution in [0, 0.1) is 0 Å². The van der Waals surface area contributed by atoms with Gasteiger partial charge in [-0.05, 0) is 6.92 Å². The van der Waals surface area contributed by atoms with Crippen LogP contribution in [0.3, 0.4) is 0 Å². The van der Waals surface area contributed by atoms with E-state index >= 15 is 0 Å². The summed E-state index contributed by atoms with van der Waals surface area (Å²) in [6.45, 7) is 2.21. The zero-order chi connectivity index (χ0) is 29.2. The number of carbonyl (C=O) groups excluding carboxylic acids is 2. The minimum Gasteiger partial charge on any atom is -0.394 e. The smallest absolute Gasteiger partial charge is 0.218 e. The fraction of sp³-hybridized carbons (Fsp3) is 0.909. The zero-order valence-electron chi connectivity index (χ0n) is 21.5. The lowest BCUT2D eigenvalue weighted by Crippen LogP contribution is -2.71. The quantitative estimate of drug-likeness (QED) is 0.130. The molecule has 226 valence electrons. The topological polar surface area (TPSA) is 266 Å². The van der Waals surface area contributed by atoms with E-state index in [0.29, 0.717) is 0 Å². The average molecular weight is 571 g/mol. The van der Waals surface area contributed by atoms with Gasteiger partial charge in [0.15, 0.2) is 18.8 Å². The fourth-order valence-electron chi connectivity index (χ4n) is 4.74. The number of hydrogen-bond acceptors (Lipinski definition) is 15. The van der Waals surface area contributed by atoms with Crippen molar-refractivity contribution in [1.29, 1.82) is 0 Å². The van der Waals surface area contributed by atoms with Crippen molar-refractivity contribution in [1.82, 2.24) is 10.6 Å². The average Bonchev–Trinajstić information content (AvgIpc) is 2.88. The molecule has 0 spiro atoms. The van der Waals surface area contributed by atoms with Crippen molar-refractivity contribution in [3.63, 3.8) is 0 Å². The third kappa shape index (κ3) is 7.02. The summed E-state index contributed by atoms with van der Waals surface area (Å²) in [6, 6.07) is -1.29. The molecular formula is C22H38N2O15. The molecule has 2 amide bonds. The summed E-state index contributed by atoms with van der Waals surface area (Å²) < 4.78 is 28.5. The number of aliphatic hydroxyl groups excluding tert-OH is 8. The maximum atomic E-state index is 12.1. The van der Waals surface area contributed by atoms with Gasteiger partial charge in [-0.25, -0.2) is 0 Å². The minimum atomic E-state index is -1.86. The molecule has 3 rings (SSSR count). The van der Waals surface area contributed by atoms with Crippen LogP contribution in [-0.4, -0.2) is 158 Å². The molecule has 3 aliphatic heterocycles. The molecule has 39 heavy (non-hydrogen) atoms. The van der Waals surface area contributed by atoms with Gasteiger partial charge in [0, 0.05) is 13.8 Å². The Morgan fingerprint density at radius 2 is 1.18 bits per heavy atom. The van der Waals surface area contributed by atoms with Gasteiger partial charge in [0.25, 0.3) is 0 Å².